The highest BCUT2D eigenvalue weighted by molar-refractivity contribution is 7.87. The average molecular weight is 279 g/mol. The number of nitrogens with one attached hydrogen (secondary N) is 1. The van der Waals surface area contributed by atoms with Crippen molar-refractivity contribution < 1.29 is 13.2 Å². The van der Waals surface area contributed by atoms with Crippen molar-refractivity contribution in [3.63, 3.8) is 0 Å². The molecule has 1 rings (SSSR count). The van der Waals surface area contributed by atoms with Crippen LogP contribution in [0.3, 0.4) is 0 Å². The zero-order valence-corrected chi connectivity index (χ0v) is 11.9. The summed E-state index contributed by atoms with van der Waals surface area (Å²) >= 11 is 0. The second kappa shape index (κ2) is 8.06. The summed E-state index contributed by atoms with van der Waals surface area (Å²) in [7, 11) is -1.66. The molecule has 0 radical (unpaired) electrons. The third-order valence-electron chi connectivity index (χ3n) is 3.31. The van der Waals surface area contributed by atoms with Crippen molar-refractivity contribution in [3.05, 3.63) is 0 Å². The number of ether oxygens (including phenoxy) is 1. The minimum Gasteiger partial charge on any atom is -0.385 e. The molecule has 0 amide bonds. The third kappa shape index (κ3) is 5.19. The molecule has 0 aromatic rings. The Morgan fingerprint density at radius 2 is 2.00 bits per heavy atom. The number of nitrogens with two attached hydrogens (primary N) is 1. The molecule has 0 spiro atoms. The fourth-order valence-electron chi connectivity index (χ4n) is 2.05. The monoisotopic (exact) mass is 279 g/mol. The summed E-state index contributed by atoms with van der Waals surface area (Å²) in [5, 5.41) is 0. The van der Waals surface area contributed by atoms with Gasteiger partial charge in [-0.1, -0.05) is 0 Å². The molecule has 0 aliphatic carbocycles. The Morgan fingerprint density at radius 1 is 1.33 bits per heavy atom. The van der Waals surface area contributed by atoms with Crippen LogP contribution in [-0.4, -0.2) is 52.6 Å². The summed E-state index contributed by atoms with van der Waals surface area (Å²) in [4.78, 5) is 0. The van der Waals surface area contributed by atoms with Crippen molar-refractivity contribution in [2.45, 2.75) is 25.7 Å². The summed E-state index contributed by atoms with van der Waals surface area (Å²) in [5.41, 5.74) is 5.59. The van der Waals surface area contributed by atoms with Gasteiger partial charge in [-0.15, -0.1) is 0 Å². The second-order valence-electron chi connectivity index (χ2n) is 4.68. The first-order valence-corrected chi connectivity index (χ1v) is 7.98. The highest BCUT2D eigenvalue weighted by atomic mass is 32.2. The first-order chi connectivity index (χ1) is 8.60. The fraction of sp³-hybridized carbons (Fsp3) is 1.00. The number of unbranched alkanes of at least 4 members (excludes halogenated alkanes) is 1. The molecule has 0 bridgehead atoms. The topological polar surface area (TPSA) is 84.7 Å². The lowest BCUT2D eigenvalue weighted by molar-refractivity contribution is 0.193. The maximum absolute atomic E-state index is 12.0. The van der Waals surface area contributed by atoms with E-state index < -0.39 is 10.2 Å². The van der Waals surface area contributed by atoms with Crippen LogP contribution in [-0.2, 0) is 14.9 Å². The quantitative estimate of drug-likeness (QED) is 0.609. The third-order valence-corrected chi connectivity index (χ3v) is 4.92. The Hall–Kier alpha value is -0.210. The molecule has 0 aromatic heterocycles. The summed E-state index contributed by atoms with van der Waals surface area (Å²) in [6.07, 6.45) is 3.39. The molecule has 7 heteroatoms. The van der Waals surface area contributed by atoms with Crippen molar-refractivity contribution in [2.24, 2.45) is 11.7 Å². The lowest BCUT2D eigenvalue weighted by Crippen LogP contribution is -2.46. The molecule has 108 valence electrons. The fourth-order valence-corrected chi connectivity index (χ4v) is 3.33. The van der Waals surface area contributed by atoms with E-state index in [1.165, 1.54) is 4.31 Å². The molecule has 1 heterocycles. The zero-order chi connectivity index (χ0) is 13.4. The predicted molar refractivity (Wildman–Crippen MR) is 71.4 cm³/mol. The number of rotatable bonds is 8. The zero-order valence-electron chi connectivity index (χ0n) is 11.1. The summed E-state index contributed by atoms with van der Waals surface area (Å²) in [5.74, 6) is 0.471. The van der Waals surface area contributed by atoms with E-state index >= 15 is 0 Å². The van der Waals surface area contributed by atoms with E-state index in [9.17, 15) is 8.42 Å². The standard InChI is InChI=1S/C11H25N3O3S/c1-17-9-3-2-6-13-18(15,16)14-7-4-11(10-12)5-8-14/h11,13H,2-10,12H2,1H3. The predicted octanol–water partition coefficient (Wildman–Crippen LogP) is -0.0819. The van der Waals surface area contributed by atoms with E-state index in [2.05, 4.69) is 4.72 Å². The van der Waals surface area contributed by atoms with Gasteiger partial charge < -0.3 is 10.5 Å². The van der Waals surface area contributed by atoms with Crippen LogP contribution in [0.4, 0.5) is 0 Å². The van der Waals surface area contributed by atoms with Crippen LogP contribution in [0.15, 0.2) is 0 Å². The number of nitrogens with zero attached hydrogens (tertiary/aromatic N) is 1. The number of hydrogen-bond donors (Lipinski definition) is 2. The van der Waals surface area contributed by atoms with Crippen LogP contribution in [0.5, 0.6) is 0 Å². The number of methoxy groups -OCH3 is 1. The summed E-state index contributed by atoms with van der Waals surface area (Å²) in [6.45, 7) is 2.95. The molecule has 0 unspecified atom stereocenters. The first kappa shape index (κ1) is 15.8. The smallest absolute Gasteiger partial charge is 0.279 e. The molecular weight excluding hydrogens is 254 g/mol. The van der Waals surface area contributed by atoms with E-state index in [0.717, 1.165) is 25.7 Å². The molecular formula is C11H25N3O3S. The van der Waals surface area contributed by atoms with Gasteiger partial charge in [-0.05, 0) is 38.1 Å². The lowest BCUT2D eigenvalue weighted by atomic mass is 9.99. The molecule has 0 atom stereocenters. The Bertz CT molecular complexity index is 313. The molecule has 1 aliphatic rings. The maximum Gasteiger partial charge on any atom is 0.279 e. The Labute approximate surface area is 110 Å². The first-order valence-electron chi connectivity index (χ1n) is 6.54. The van der Waals surface area contributed by atoms with E-state index in [-0.39, 0.29) is 0 Å². The highest BCUT2D eigenvalue weighted by Gasteiger charge is 2.26. The van der Waals surface area contributed by atoms with Crippen molar-refractivity contribution in [2.75, 3.05) is 39.9 Å². The average Bonchev–Trinajstić information content (AvgIpc) is 2.38. The Kier molecular flexibility index (Phi) is 7.10. The van der Waals surface area contributed by atoms with E-state index in [1.807, 2.05) is 0 Å². The van der Waals surface area contributed by atoms with Crippen molar-refractivity contribution in [3.8, 4) is 0 Å². The Morgan fingerprint density at radius 3 is 2.56 bits per heavy atom. The van der Waals surface area contributed by atoms with Crippen LogP contribution in [0.2, 0.25) is 0 Å². The van der Waals surface area contributed by atoms with Gasteiger partial charge in [0.1, 0.15) is 0 Å². The van der Waals surface area contributed by atoms with Gasteiger partial charge in [-0.3, -0.25) is 0 Å². The highest BCUT2D eigenvalue weighted by Crippen LogP contribution is 2.17. The summed E-state index contributed by atoms with van der Waals surface area (Å²) in [6, 6.07) is 0. The number of piperidine rings is 1. The molecule has 18 heavy (non-hydrogen) atoms. The molecule has 0 saturated carbocycles. The van der Waals surface area contributed by atoms with Gasteiger partial charge >= 0.3 is 0 Å². The molecule has 0 aromatic carbocycles. The van der Waals surface area contributed by atoms with Gasteiger partial charge in [0.25, 0.3) is 10.2 Å². The molecule has 1 saturated heterocycles. The SMILES string of the molecule is COCCCCNS(=O)(=O)N1CCC(CN)CC1. The molecule has 3 N–H and O–H groups in total. The van der Waals surface area contributed by atoms with Crippen molar-refractivity contribution in [1.82, 2.24) is 9.03 Å². The minimum atomic E-state index is -3.30. The van der Waals surface area contributed by atoms with Crippen LogP contribution in [0.25, 0.3) is 0 Å². The lowest BCUT2D eigenvalue weighted by Gasteiger charge is -2.30. The van der Waals surface area contributed by atoms with E-state index in [0.29, 0.717) is 38.7 Å². The van der Waals surface area contributed by atoms with Crippen molar-refractivity contribution >= 4 is 10.2 Å². The van der Waals surface area contributed by atoms with Gasteiger partial charge in [0, 0.05) is 33.4 Å². The van der Waals surface area contributed by atoms with Crippen LogP contribution in [0, 0.1) is 5.92 Å². The summed E-state index contributed by atoms with van der Waals surface area (Å²) < 4.78 is 33.0. The van der Waals surface area contributed by atoms with Gasteiger partial charge in [0.15, 0.2) is 0 Å². The Balaban J connectivity index is 2.26. The number of hydrogen-bond acceptors (Lipinski definition) is 4. The van der Waals surface area contributed by atoms with E-state index in [4.69, 9.17) is 10.5 Å². The molecule has 1 aliphatic heterocycles. The van der Waals surface area contributed by atoms with E-state index in [1.54, 1.807) is 7.11 Å². The van der Waals surface area contributed by atoms with Gasteiger partial charge in [-0.25, -0.2) is 4.72 Å². The van der Waals surface area contributed by atoms with Crippen LogP contribution < -0.4 is 10.5 Å². The maximum atomic E-state index is 12.0. The van der Waals surface area contributed by atoms with Gasteiger partial charge in [0.2, 0.25) is 0 Å². The second-order valence-corrected chi connectivity index (χ2v) is 6.43. The largest absolute Gasteiger partial charge is 0.385 e. The molecule has 6 nitrogen and oxygen atoms in total. The van der Waals surface area contributed by atoms with Gasteiger partial charge in [-0.2, -0.15) is 12.7 Å². The van der Waals surface area contributed by atoms with Gasteiger partial charge in [0.05, 0.1) is 0 Å². The van der Waals surface area contributed by atoms with Crippen molar-refractivity contribution in [1.29, 1.82) is 0 Å². The minimum absolute atomic E-state index is 0.471. The van der Waals surface area contributed by atoms with Crippen LogP contribution in [0.1, 0.15) is 25.7 Å². The molecule has 1 fully saturated rings. The normalized spacial score (nSPS) is 19.2. The van der Waals surface area contributed by atoms with Crippen LogP contribution >= 0.6 is 0 Å².